The molecule has 0 unspecified atom stereocenters. The maximum atomic E-state index is 12.7. The van der Waals surface area contributed by atoms with Gasteiger partial charge in [-0.25, -0.2) is 14.4 Å². The highest BCUT2D eigenvalue weighted by atomic mass is 16.5. The minimum absolute atomic E-state index is 0.0899. The fourth-order valence-electron chi connectivity index (χ4n) is 4.82. The summed E-state index contributed by atoms with van der Waals surface area (Å²) in [6.07, 6.45) is 7.15. The predicted molar refractivity (Wildman–Crippen MR) is 190 cm³/mol. The lowest BCUT2D eigenvalue weighted by Crippen LogP contribution is -2.47. The largest absolute Gasteiger partial charge is 0.465 e. The molecule has 252 valence electrons. The number of ether oxygens (including phenoxy) is 2. The van der Waals surface area contributed by atoms with Gasteiger partial charge in [-0.15, -0.1) is 0 Å². The van der Waals surface area contributed by atoms with E-state index in [1.54, 1.807) is 29.2 Å². The van der Waals surface area contributed by atoms with E-state index in [9.17, 15) is 14.4 Å². The van der Waals surface area contributed by atoms with E-state index in [2.05, 4.69) is 15.4 Å². The monoisotopic (exact) mass is 650 g/mol. The van der Waals surface area contributed by atoms with Gasteiger partial charge in [0.15, 0.2) is 0 Å². The van der Waals surface area contributed by atoms with Gasteiger partial charge >= 0.3 is 18.0 Å². The standard InChI is InChI=1S/C20H22N2O3.C15H15NO2.C4H9N/c1-25-19(23)16-12-10-15(11-13-16)14-22(18-8-3-2-4-9-18)20(24)21-17-6-5-7-17;1-18-15(17)13-9-7-12(8-10-13)11-16-14-5-3-2-4-6-14;5-4-2-1-3-4/h2-4,8-13,17H,5-7,14H2,1H3,(H,21,24);2-10,16H,11H2,1H3;4H,1-3,5H2. The number of carbonyl (C=O) groups is 3. The van der Waals surface area contributed by atoms with Crippen LogP contribution in [0.2, 0.25) is 0 Å². The third-order valence-corrected chi connectivity index (χ3v) is 8.26. The van der Waals surface area contributed by atoms with Gasteiger partial charge in [-0.05, 0) is 91.8 Å². The number of hydrogen-bond acceptors (Lipinski definition) is 7. The molecular weight excluding hydrogens is 604 g/mol. The molecule has 9 nitrogen and oxygen atoms in total. The van der Waals surface area contributed by atoms with Gasteiger partial charge in [-0.1, -0.05) is 67.1 Å². The van der Waals surface area contributed by atoms with Crippen LogP contribution in [-0.2, 0) is 22.6 Å². The number of benzene rings is 4. The number of nitrogens with two attached hydrogens (primary N) is 1. The molecule has 0 saturated heterocycles. The Morgan fingerprint density at radius 1 is 0.688 bits per heavy atom. The summed E-state index contributed by atoms with van der Waals surface area (Å²) in [6, 6.07) is 34.9. The predicted octanol–water partition coefficient (Wildman–Crippen LogP) is 7.32. The van der Waals surface area contributed by atoms with Crippen molar-refractivity contribution in [3.8, 4) is 0 Å². The molecule has 2 aliphatic rings. The molecule has 4 aromatic rings. The Bertz CT molecular complexity index is 1560. The number of rotatable bonds is 9. The van der Waals surface area contributed by atoms with E-state index < -0.39 is 0 Å². The summed E-state index contributed by atoms with van der Waals surface area (Å²) < 4.78 is 9.36. The van der Waals surface area contributed by atoms with Gasteiger partial charge in [0.05, 0.1) is 31.9 Å². The fourth-order valence-corrected chi connectivity index (χ4v) is 4.82. The molecule has 0 radical (unpaired) electrons. The van der Waals surface area contributed by atoms with E-state index in [-0.39, 0.29) is 24.0 Å². The van der Waals surface area contributed by atoms with Crippen molar-refractivity contribution in [1.82, 2.24) is 5.32 Å². The number of para-hydroxylation sites is 2. The summed E-state index contributed by atoms with van der Waals surface area (Å²) in [5, 5.41) is 6.39. The lowest BCUT2D eigenvalue weighted by atomic mass is 9.93. The minimum Gasteiger partial charge on any atom is -0.465 e. The highest BCUT2D eigenvalue weighted by Crippen LogP contribution is 2.22. The maximum Gasteiger partial charge on any atom is 0.337 e. The van der Waals surface area contributed by atoms with E-state index >= 15 is 0 Å². The van der Waals surface area contributed by atoms with Crippen LogP contribution < -0.4 is 21.3 Å². The molecule has 2 fully saturated rings. The van der Waals surface area contributed by atoms with Crippen molar-refractivity contribution in [1.29, 1.82) is 0 Å². The maximum absolute atomic E-state index is 12.7. The van der Waals surface area contributed by atoms with Gasteiger partial charge in [0.25, 0.3) is 0 Å². The van der Waals surface area contributed by atoms with Crippen LogP contribution in [0.25, 0.3) is 0 Å². The van der Waals surface area contributed by atoms with Crippen LogP contribution in [0, 0.1) is 0 Å². The summed E-state index contributed by atoms with van der Waals surface area (Å²) in [5.41, 5.74) is 10.4. The number of anilines is 2. The van der Waals surface area contributed by atoms with Crippen LogP contribution in [-0.4, -0.2) is 44.3 Å². The van der Waals surface area contributed by atoms with E-state index in [4.69, 9.17) is 10.5 Å². The number of urea groups is 1. The molecule has 0 heterocycles. The van der Waals surface area contributed by atoms with Crippen molar-refractivity contribution in [2.75, 3.05) is 24.4 Å². The van der Waals surface area contributed by atoms with Crippen molar-refractivity contribution < 1.29 is 23.9 Å². The first-order valence-electron chi connectivity index (χ1n) is 16.4. The molecule has 0 aromatic heterocycles. The summed E-state index contributed by atoms with van der Waals surface area (Å²) in [5.74, 6) is -0.674. The van der Waals surface area contributed by atoms with Crippen molar-refractivity contribution >= 4 is 29.3 Å². The molecule has 48 heavy (non-hydrogen) atoms. The first kappa shape index (κ1) is 35.7. The topological polar surface area (TPSA) is 123 Å². The van der Waals surface area contributed by atoms with Crippen molar-refractivity contribution in [3.05, 3.63) is 131 Å². The highest BCUT2D eigenvalue weighted by Gasteiger charge is 2.23. The first-order chi connectivity index (χ1) is 23.4. The second-order valence-electron chi connectivity index (χ2n) is 11.8. The lowest BCUT2D eigenvalue weighted by Gasteiger charge is -2.31. The molecular formula is C39H46N4O5. The lowest BCUT2D eigenvalue weighted by molar-refractivity contribution is 0.0592. The molecule has 2 amide bonds. The Morgan fingerprint density at radius 3 is 1.60 bits per heavy atom. The van der Waals surface area contributed by atoms with Crippen LogP contribution in [0.1, 0.15) is 70.4 Å². The van der Waals surface area contributed by atoms with Gasteiger partial charge < -0.3 is 25.8 Å². The number of esters is 2. The molecule has 0 aliphatic heterocycles. The summed E-state index contributed by atoms with van der Waals surface area (Å²) >= 11 is 0. The number of hydrogen-bond donors (Lipinski definition) is 3. The van der Waals surface area contributed by atoms with Crippen LogP contribution in [0.4, 0.5) is 16.2 Å². The fraction of sp³-hybridized carbons (Fsp3) is 0.308. The van der Waals surface area contributed by atoms with Gasteiger partial charge in [0.2, 0.25) is 0 Å². The zero-order chi connectivity index (χ0) is 34.1. The molecule has 6 rings (SSSR count). The van der Waals surface area contributed by atoms with Crippen LogP contribution in [0.5, 0.6) is 0 Å². The molecule has 0 atom stereocenters. The van der Waals surface area contributed by atoms with E-state index in [1.807, 2.05) is 84.9 Å². The number of nitrogens with zero attached hydrogens (tertiary/aromatic N) is 1. The van der Waals surface area contributed by atoms with Crippen molar-refractivity contribution in [3.63, 3.8) is 0 Å². The number of amides is 2. The smallest absolute Gasteiger partial charge is 0.337 e. The quantitative estimate of drug-likeness (QED) is 0.162. The minimum atomic E-state index is -0.366. The molecule has 0 spiro atoms. The van der Waals surface area contributed by atoms with Gasteiger partial charge in [-0.2, -0.15) is 0 Å². The number of methoxy groups -OCH3 is 2. The van der Waals surface area contributed by atoms with Gasteiger partial charge in [0, 0.05) is 30.0 Å². The second-order valence-corrected chi connectivity index (χ2v) is 11.8. The molecule has 4 N–H and O–H groups in total. The number of nitrogens with one attached hydrogen (secondary N) is 2. The van der Waals surface area contributed by atoms with E-state index in [0.717, 1.165) is 41.9 Å². The van der Waals surface area contributed by atoms with Crippen LogP contribution in [0.15, 0.2) is 109 Å². The molecule has 4 aromatic carbocycles. The molecule has 9 heteroatoms. The third kappa shape index (κ3) is 11.3. The Morgan fingerprint density at radius 2 is 1.17 bits per heavy atom. The summed E-state index contributed by atoms with van der Waals surface area (Å²) in [4.78, 5) is 37.2. The average molecular weight is 651 g/mol. The van der Waals surface area contributed by atoms with E-state index in [1.165, 1.54) is 39.9 Å². The van der Waals surface area contributed by atoms with E-state index in [0.29, 0.717) is 23.7 Å². The van der Waals surface area contributed by atoms with Crippen LogP contribution >= 0.6 is 0 Å². The SMILES string of the molecule is COC(=O)c1ccc(CN(C(=O)NC2CCC2)c2ccccc2)cc1.COC(=O)c1ccc(CNc2ccccc2)cc1.NC1CCC1. The zero-order valence-corrected chi connectivity index (χ0v) is 27.8. The van der Waals surface area contributed by atoms with Crippen molar-refractivity contribution in [2.24, 2.45) is 5.73 Å². The summed E-state index contributed by atoms with van der Waals surface area (Å²) in [6.45, 7) is 1.16. The Kier molecular flexibility index (Phi) is 14.0. The average Bonchev–Trinajstić information content (AvgIpc) is 3.11. The molecule has 0 bridgehead atoms. The molecule has 2 saturated carbocycles. The van der Waals surface area contributed by atoms with Crippen molar-refractivity contribution in [2.45, 2.75) is 63.7 Å². The summed E-state index contributed by atoms with van der Waals surface area (Å²) in [7, 11) is 2.74. The van der Waals surface area contributed by atoms with Gasteiger partial charge in [0.1, 0.15) is 0 Å². The second kappa shape index (κ2) is 18.9. The Labute approximate surface area is 283 Å². The Balaban J connectivity index is 0.000000196. The third-order valence-electron chi connectivity index (χ3n) is 8.26. The molecule has 2 aliphatic carbocycles. The zero-order valence-electron chi connectivity index (χ0n) is 27.8. The Hall–Kier alpha value is -5.15. The highest BCUT2D eigenvalue weighted by molar-refractivity contribution is 5.92. The van der Waals surface area contributed by atoms with Gasteiger partial charge in [-0.3, -0.25) is 4.90 Å². The first-order valence-corrected chi connectivity index (χ1v) is 16.4. The number of carbonyl (C=O) groups excluding carboxylic acids is 3. The normalized spacial score (nSPS) is 13.5. The van der Waals surface area contributed by atoms with Crippen LogP contribution in [0.3, 0.4) is 0 Å².